The quantitative estimate of drug-likeness (QED) is 0.698. The second-order valence-corrected chi connectivity index (χ2v) is 5.36. The molecule has 0 aromatic heterocycles. The van der Waals surface area contributed by atoms with E-state index in [1.807, 2.05) is 48.5 Å². The van der Waals surface area contributed by atoms with E-state index >= 15 is 0 Å². The number of anilines is 2. The largest absolute Gasteiger partial charge is 0.497 e. The fourth-order valence-corrected chi connectivity index (χ4v) is 2.28. The molecule has 5 nitrogen and oxygen atoms in total. The number of nitrogens with one attached hydrogen (secondary N) is 2. The third-order valence-electron chi connectivity index (χ3n) is 3.61. The lowest BCUT2D eigenvalue weighted by atomic mass is 10.2. The van der Waals surface area contributed by atoms with Gasteiger partial charge in [-0.15, -0.1) is 0 Å². The number of hydrogen-bond acceptors (Lipinski definition) is 5. The molecule has 0 bridgehead atoms. The minimum Gasteiger partial charge on any atom is -0.497 e. The Labute approximate surface area is 143 Å². The number of carbonyl (C=O) groups is 1. The van der Waals surface area contributed by atoms with Gasteiger partial charge in [-0.05, 0) is 24.3 Å². The average molecular weight is 328 g/mol. The highest BCUT2D eigenvalue weighted by Gasteiger charge is 2.03. The van der Waals surface area contributed by atoms with Gasteiger partial charge in [0, 0.05) is 49.4 Å². The Balaban J connectivity index is 1.66. The van der Waals surface area contributed by atoms with E-state index in [4.69, 9.17) is 9.47 Å². The van der Waals surface area contributed by atoms with Gasteiger partial charge in [0.15, 0.2) is 0 Å². The third kappa shape index (κ3) is 5.83. The van der Waals surface area contributed by atoms with Crippen molar-refractivity contribution in [2.45, 2.75) is 12.8 Å². The summed E-state index contributed by atoms with van der Waals surface area (Å²) in [6.45, 7) is 1.23. The van der Waals surface area contributed by atoms with Crippen molar-refractivity contribution in [1.29, 1.82) is 0 Å². The fraction of sp³-hybridized carbons (Fsp3) is 0.316. The summed E-state index contributed by atoms with van der Waals surface area (Å²) in [7, 11) is 3.27. The van der Waals surface area contributed by atoms with Crippen LogP contribution in [0.2, 0.25) is 0 Å². The summed E-state index contributed by atoms with van der Waals surface area (Å²) < 4.78 is 10.3. The predicted octanol–water partition coefficient (Wildman–Crippen LogP) is 3.58. The standard InChI is InChI=1S/C19H24N2O3/c1-23-18-7-3-5-15(13-18)20-11-9-17(22)10-12-21-16-6-4-8-19(14-16)24-2/h3-8,13-14,20-21H,9-12H2,1-2H3. The first kappa shape index (κ1) is 17.7. The Morgan fingerprint density at radius 3 is 1.71 bits per heavy atom. The van der Waals surface area contributed by atoms with Crippen LogP contribution in [0, 0.1) is 0 Å². The van der Waals surface area contributed by atoms with E-state index in [0.717, 1.165) is 22.9 Å². The van der Waals surface area contributed by atoms with Crippen LogP contribution in [0.25, 0.3) is 0 Å². The molecule has 2 aromatic carbocycles. The van der Waals surface area contributed by atoms with Crippen molar-refractivity contribution in [2.24, 2.45) is 0 Å². The number of ether oxygens (including phenoxy) is 2. The Morgan fingerprint density at radius 2 is 1.29 bits per heavy atom. The lowest BCUT2D eigenvalue weighted by Gasteiger charge is -2.09. The lowest BCUT2D eigenvalue weighted by molar-refractivity contribution is -0.118. The number of Topliss-reactive ketones (excluding diaryl/α,β-unsaturated/α-hetero) is 1. The third-order valence-corrected chi connectivity index (χ3v) is 3.61. The maximum atomic E-state index is 11.9. The zero-order valence-electron chi connectivity index (χ0n) is 14.2. The van der Waals surface area contributed by atoms with Crippen LogP contribution in [-0.4, -0.2) is 33.1 Å². The molecule has 0 heterocycles. The minimum absolute atomic E-state index is 0.223. The van der Waals surface area contributed by atoms with E-state index in [-0.39, 0.29) is 5.78 Å². The van der Waals surface area contributed by atoms with Crippen LogP contribution in [0.1, 0.15) is 12.8 Å². The molecule has 0 aliphatic rings. The van der Waals surface area contributed by atoms with Crippen LogP contribution in [0.4, 0.5) is 11.4 Å². The molecular formula is C19H24N2O3. The topological polar surface area (TPSA) is 59.6 Å². The maximum Gasteiger partial charge on any atom is 0.136 e. The Hall–Kier alpha value is -2.69. The first-order chi connectivity index (χ1) is 11.7. The predicted molar refractivity (Wildman–Crippen MR) is 97.2 cm³/mol. The summed E-state index contributed by atoms with van der Waals surface area (Å²) in [5, 5.41) is 6.47. The Morgan fingerprint density at radius 1 is 0.833 bits per heavy atom. The molecule has 0 unspecified atom stereocenters. The summed E-state index contributed by atoms with van der Waals surface area (Å²) in [6.07, 6.45) is 0.994. The number of carbonyl (C=O) groups excluding carboxylic acids is 1. The highest BCUT2D eigenvalue weighted by atomic mass is 16.5. The second kappa shape index (κ2) is 9.45. The Bertz CT molecular complexity index is 603. The van der Waals surface area contributed by atoms with Crippen molar-refractivity contribution in [3.05, 3.63) is 48.5 Å². The molecule has 24 heavy (non-hydrogen) atoms. The molecule has 2 rings (SSSR count). The van der Waals surface area contributed by atoms with Gasteiger partial charge in [-0.3, -0.25) is 4.79 Å². The van der Waals surface area contributed by atoms with Crippen LogP contribution in [0.3, 0.4) is 0 Å². The Kier molecular flexibility index (Phi) is 6.95. The molecule has 0 saturated carbocycles. The van der Waals surface area contributed by atoms with Crippen molar-refractivity contribution < 1.29 is 14.3 Å². The second-order valence-electron chi connectivity index (χ2n) is 5.36. The maximum absolute atomic E-state index is 11.9. The van der Waals surface area contributed by atoms with E-state index in [1.165, 1.54) is 0 Å². The lowest BCUT2D eigenvalue weighted by Crippen LogP contribution is -2.12. The van der Waals surface area contributed by atoms with Gasteiger partial charge in [0.05, 0.1) is 14.2 Å². The molecule has 0 amide bonds. The molecular weight excluding hydrogens is 304 g/mol. The molecule has 0 saturated heterocycles. The summed E-state index contributed by atoms with van der Waals surface area (Å²) in [4.78, 5) is 11.9. The van der Waals surface area contributed by atoms with Gasteiger partial charge in [-0.2, -0.15) is 0 Å². The van der Waals surface area contributed by atoms with Gasteiger partial charge in [0.2, 0.25) is 0 Å². The molecule has 0 spiro atoms. The zero-order valence-corrected chi connectivity index (χ0v) is 14.2. The molecule has 2 aromatic rings. The van der Waals surface area contributed by atoms with Gasteiger partial charge in [0.1, 0.15) is 17.3 Å². The van der Waals surface area contributed by atoms with E-state index in [9.17, 15) is 4.79 Å². The van der Waals surface area contributed by atoms with Crippen molar-refractivity contribution in [3.8, 4) is 11.5 Å². The van der Waals surface area contributed by atoms with E-state index in [1.54, 1.807) is 14.2 Å². The normalized spacial score (nSPS) is 10.1. The van der Waals surface area contributed by atoms with Crippen LogP contribution in [0.15, 0.2) is 48.5 Å². The fourth-order valence-electron chi connectivity index (χ4n) is 2.28. The minimum atomic E-state index is 0.223. The highest BCUT2D eigenvalue weighted by molar-refractivity contribution is 5.79. The summed E-state index contributed by atoms with van der Waals surface area (Å²) in [5.74, 6) is 1.82. The molecule has 0 atom stereocenters. The number of methoxy groups -OCH3 is 2. The summed E-state index contributed by atoms with van der Waals surface area (Å²) >= 11 is 0. The van der Waals surface area contributed by atoms with Crippen molar-refractivity contribution in [1.82, 2.24) is 0 Å². The number of ketones is 1. The molecule has 128 valence electrons. The monoisotopic (exact) mass is 328 g/mol. The van der Waals surface area contributed by atoms with Crippen LogP contribution in [-0.2, 0) is 4.79 Å². The van der Waals surface area contributed by atoms with Crippen molar-refractivity contribution in [2.75, 3.05) is 37.9 Å². The number of rotatable bonds is 10. The summed E-state index contributed by atoms with van der Waals surface area (Å²) in [5.41, 5.74) is 1.91. The first-order valence-corrected chi connectivity index (χ1v) is 7.99. The van der Waals surface area contributed by atoms with Crippen molar-refractivity contribution >= 4 is 17.2 Å². The van der Waals surface area contributed by atoms with Gasteiger partial charge >= 0.3 is 0 Å². The van der Waals surface area contributed by atoms with E-state index < -0.39 is 0 Å². The smallest absolute Gasteiger partial charge is 0.136 e. The molecule has 0 aliphatic carbocycles. The zero-order chi connectivity index (χ0) is 17.2. The molecule has 0 fully saturated rings. The van der Waals surface area contributed by atoms with E-state index in [0.29, 0.717) is 25.9 Å². The first-order valence-electron chi connectivity index (χ1n) is 7.99. The molecule has 2 N–H and O–H groups in total. The molecule has 5 heteroatoms. The number of benzene rings is 2. The summed E-state index contributed by atoms with van der Waals surface area (Å²) in [6, 6.07) is 15.3. The average Bonchev–Trinajstić information content (AvgIpc) is 2.62. The highest BCUT2D eigenvalue weighted by Crippen LogP contribution is 2.17. The van der Waals surface area contributed by atoms with Gasteiger partial charge in [-0.25, -0.2) is 0 Å². The van der Waals surface area contributed by atoms with Crippen molar-refractivity contribution in [3.63, 3.8) is 0 Å². The molecule has 0 radical (unpaired) electrons. The van der Waals surface area contributed by atoms with E-state index in [2.05, 4.69) is 10.6 Å². The molecule has 0 aliphatic heterocycles. The van der Waals surface area contributed by atoms with Gasteiger partial charge in [-0.1, -0.05) is 12.1 Å². The van der Waals surface area contributed by atoms with Crippen LogP contribution < -0.4 is 20.1 Å². The van der Waals surface area contributed by atoms with Crippen LogP contribution in [0.5, 0.6) is 11.5 Å². The van der Waals surface area contributed by atoms with Gasteiger partial charge in [0.25, 0.3) is 0 Å². The van der Waals surface area contributed by atoms with Gasteiger partial charge < -0.3 is 20.1 Å². The van der Waals surface area contributed by atoms with Crippen LogP contribution >= 0.6 is 0 Å². The number of hydrogen-bond donors (Lipinski definition) is 2. The SMILES string of the molecule is COc1cccc(NCCC(=O)CCNc2cccc(OC)c2)c1.